The highest BCUT2D eigenvalue weighted by Crippen LogP contribution is 2.30. The molecule has 0 amide bonds. The summed E-state index contributed by atoms with van der Waals surface area (Å²) in [5.41, 5.74) is 2.29. The zero-order valence-electron chi connectivity index (χ0n) is 16.0. The minimum atomic E-state index is 0.658. The minimum Gasteiger partial charge on any atom is -0.496 e. The molecular weight excluding hydrogens is 342 g/mol. The molecule has 0 bridgehead atoms. The van der Waals surface area contributed by atoms with Gasteiger partial charge in [0, 0.05) is 26.6 Å². The molecule has 3 rings (SSSR count). The number of hydrogen-bond donors (Lipinski definition) is 2. The van der Waals surface area contributed by atoms with Crippen molar-refractivity contribution in [2.75, 3.05) is 33.9 Å². The molecule has 0 atom stereocenters. The van der Waals surface area contributed by atoms with Crippen molar-refractivity contribution in [1.82, 2.24) is 10.6 Å². The fourth-order valence-corrected chi connectivity index (χ4v) is 2.95. The average molecular weight is 369 g/mol. The van der Waals surface area contributed by atoms with Crippen molar-refractivity contribution in [2.24, 2.45) is 4.99 Å². The van der Waals surface area contributed by atoms with Gasteiger partial charge < -0.3 is 24.8 Å². The van der Waals surface area contributed by atoms with Gasteiger partial charge in [-0.25, -0.2) is 0 Å². The maximum atomic E-state index is 5.75. The Labute approximate surface area is 160 Å². The van der Waals surface area contributed by atoms with Gasteiger partial charge in [-0.1, -0.05) is 24.3 Å². The number of ether oxygens (including phenoxy) is 3. The lowest BCUT2D eigenvalue weighted by atomic mass is 10.1. The number of hydrogen-bond acceptors (Lipinski definition) is 4. The van der Waals surface area contributed by atoms with Crippen LogP contribution in [0.15, 0.2) is 47.5 Å². The third kappa shape index (κ3) is 5.29. The Kier molecular flexibility index (Phi) is 6.79. The third-order valence-corrected chi connectivity index (χ3v) is 4.37. The van der Waals surface area contributed by atoms with E-state index in [0.29, 0.717) is 19.8 Å². The maximum absolute atomic E-state index is 5.75. The molecule has 1 heterocycles. The van der Waals surface area contributed by atoms with E-state index in [9.17, 15) is 0 Å². The Hall–Kier alpha value is -2.89. The first-order chi connectivity index (χ1) is 13.3. The van der Waals surface area contributed by atoms with E-state index in [1.807, 2.05) is 36.4 Å². The Balaban J connectivity index is 1.50. The second-order valence-electron chi connectivity index (χ2n) is 6.25. The predicted molar refractivity (Wildman–Crippen MR) is 107 cm³/mol. The molecule has 6 nitrogen and oxygen atoms in total. The summed E-state index contributed by atoms with van der Waals surface area (Å²) in [6.07, 6.45) is 1.76. The van der Waals surface area contributed by atoms with E-state index in [4.69, 9.17) is 14.2 Å². The van der Waals surface area contributed by atoms with Gasteiger partial charge in [0.15, 0.2) is 17.5 Å². The molecule has 0 saturated carbocycles. The van der Waals surface area contributed by atoms with Crippen molar-refractivity contribution < 1.29 is 14.2 Å². The Morgan fingerprint density at radius 3 is 2.70 bits per heavy atom. The second kappa shape index (κ2) is 9.71. The van der Waals surface area contributed by atoms with E-state index in [-0.39, 0.29) is 0 Å². The molecule has 1 aliphatic rings. The van der Waals surface area contributed by atoms with Crippen molar-refractivity contribution in [3.05, 3.63) is 53.6 Å². The molecule has 0 aliphatic carbocycles. The largest absolute Gasteiger partial charge is 0.496 e. The quantitative estimate of drug-likeness (QED) is 0.606. The van der Waals surface area contributed by atoms with Crippen LogP contribution in [-0.4, -0.2) is 39.9 Å². The normalized spacial score (nSPS) is 13.6. The van der Waals surface area contributed by atoms with E-state index in [2.05, 4.69) is 21.7 Å². The number of para-hydroxylation sites is 1. The van der Waals surface area contributed by atoms with Gasteiger partial charge in [0.25, 0.3) is 0 Å². The van der Waals surface area contributed by atoms with Gasteiger partial charge in [0.1, 0.15) is 5.75 Å². The molecule has 2 aromatic rings. The molecule has 6 heteroatoms. The van der Waals surface area contributed by atoms with Crippen molar-refractivity contribution in [3.63, 3.8) is 0 Å². The van der Waals surface area contributed by atoms with E-state index < -0.39 is 0 Å². The summed E-state index contributed by atoms with van der Waals surface area (Å²) < 4.78 is 16.8. The van der Waals surface area contributed by atoms with Crippen LogP contribution in [0.4, 0.5) is 0 Å². The summed E-state index contributed by atoms with van der Waals surface area (Å²) in [5, 5.41) is 6.67. The molecule has 27 heavy (non-hydrogen) atoms. The van der Waals surface area contributed by atoms with Crippen LogP contribution in [0.25, 0.3) is 0 Å². The van der Waals surface area contributed by atoms with Crippen molar-refractivity contribution >= 4 is 5.96 Å². The monoisotopic (exact) mass is 369 g/mol. The Bertz CT molecular complexity index is 777. The number of methoxy groups -OCH3 is 1. The number of rotatable bonds is 6. The topological polar surface area (TPSA) is 64.1 Å². The van der Waals surface area contributed by atoms with Crippen molar-refractivity contribution in [1.29, 1.82) is 0 Å². The molecule has 1 aliphatic heterocycles. The smallest absolute Gasteiger partial charge is 0.191 e. The summed E-state index contributed by atoms with van der Waals surface area (Å²) in [6.45, 7) is 2.82. The number of nitrogens with one attached hydrogen (secondary N) is 2. The Morgan fingerprint density at radius 1 is 1.07 bits per heavy atom. The van der Waals surface area contributed by atoms with Crippen LogP contribution in [0, 0.1) is 0 Å². The first-order valence-electron chi connectivity index (χ1n) is 9.25. The van der Waals surface area contributed by atoms with E-state index in [1.54, 1.807) is 14.2 Å². The van der Waals surface area contributed by atoms with Gasteiger partial charge in [0.2, 0.25) is 0 Å². The first kappa shape index (κ1) is 18.9. The van der Waals surface area contributed by atoms with Crippen molar-refractivity contribution in [3.8, 4) is 17.2 Å². The lowest BCUT2D eigenvalue weighted by molar-refractivity contribution is 0.297. The van der Waals surface area contributed by atoms with Crippen LogP contribution < -0.4 is 24.8 Å². The molecule has 2 N–H and O–H groups in total. The van der Waals surface area contributed by atoms with Crippen LogP contribution in [0.5, 0.6) is 17.2 Å². The van der Waals surface area contributed by atoms with Gasteiger partial charge in [-0.05, 0) is 35.7 Å². The maximum Gasteiger partial charge on any atom is 0.191 e. The van der Waals surface area contributed by atoms with E-state index >= 15 is 0 Å². The highest BCUT2D eigenvalue weighted by molar-refractivity contribution is 5.79. The lowest BCUT2D eigenvalue weighted by Crippen LogP contribution is -2.37. The van der Waals surface area contributed by atoms with Gasteiger partial charge in [-0.2, -0.15) is 0 Å². The van der Waals surface area contributed by atoms with E-state index in [0.717, 1.165) is 48.2 Å². The fraction of sp³-hybridized carbons (Fsp3) is 0.381. The summed E-state index contributed by atoms with van der Waals surface area (Å²) in [7, 11) is 3.47. The van der Waals surface area contributed by atoms with Gasteiger partial charge in [-0.15, -0.1) is 0 Å². The average Bonchev–Trinajstić information content (AvgIpc) is 2.95. The number of guanidine groups is 1. The van der Waals surface area contributed by atoms with Gasteiger partial charge in [0.05, 0.1) is 20.3 Å². The highest BCUT2D eigenvalue weighted by Gasteiger charge is 2.11. The van der Waals surface area contributed by atoms with Gasteiger partial charge in [-0.3, -0.25) is 4.99 Å². The molecule has 0 radical (unpaired) electrons. The molecule has 0 fully saturated rings. The molecule has 0 spiro atoms. The number of benzene rings is 2. The molecule has 0 saturated heterocycles. The zero-order valence-corrected chi connectivity index (χ0v) is 16.0. The minimum absolute atomic E-state index is 0.658. The van der Waals surface area contributed by atoms with Crippen LogP contribution in [0.1, 0.15) is 17.5 Å². The van der Waals surface area contributed by atoms with Crippen molar-refractivity contribution in [2.45, 2.75) is 19.4 Å². The number of nitrogens with zero attached hydrogens (tertiary/aromatic N) is 1. The number of aliphatic imine (C=N–C) groups is 1. The molecule has 144 valence electrons. The van der Waals surface area contributed by atoms with Crippen LogP contribution in [0.2, 0.25) is 0 Å². The third-order valence-electron chi connectivity index (χ3n) is 4.37. The summed E-state index contributed by atoms with van der Waals surface area (Å²) in [5.74, 6) is 3.30. The molecular formula is C21H27N3O3. The van der Waals surface area contributed by atoms with E-state index in [1.165, 1.54) is 5.56 Å². The molecule has 0 aromatic heterocycles. The zero-order chi connectivity index (χ0) is 18.9. The molecule has 0 unspecified atom stereocenters. The number of fused-ring (bicyclic) bond motifs is 1. The van der Waals surface area contributed by atoms with Crippen LogP contribution in [0.3, 0.4) is 0 Å². The predicted octanol–water partition coefficient (Wildman–Crippen LogP) is 2.76. The lowest BCUT2D eigenvalue weighted by Gasteiger charge is -2.14. The van der Waals surface area contributed by atoms with Gasteiger partial charge >= 0.3 is 0 Å². The Morgan fingerprint density at radius 2 is 1.89 bits per heavy atom. The summed E-state index contributed by atoms with van der Waals surface area (Å²) in [6, 6.07) is 14.1. The first-order valence-corrected chi connectivity index (χ1v) is 9.25. The highest BCUT2D eigenvalue weighted by atomic mass is 16.5. The standard InChI is InChI=1S/C21H27N3O3/c1-22-21(23-11-10-17-6-3-4-7-18(17)25-2)24-15-16-8-9-19-20(14-16)27-13-5-12-26-19/h3-4,6-9,14H,5,10-13,15H2,1-2H3,(H2,22,23,24). The second-order valence-corrected chi connectivity index (χ2v) is 6.25. The molecule has 2 aromatic carbocycles. The van der Waals surface area contributed by atoms with Crippen LogP contribution in [-0.2, 0) is 13.0 Å². The van der Waals surface area contributed by atoms with Crippen LogP contribution >= 0.6 is 0 Å². The fourth-order valence-electron chi connectivity index (χ4n) is 2.95. The SMILES string of the molecule is CN=C(NCCc1ccccc1OC)NCc1ccc2c(c1)OCCCO2. The summed E-state index contributed by atoms with van der Waals surface area (Å²) >= 11 is 0. The summed E-state index contributed by atoms with van der Waals surface area (Å²) in [4.78, 5) is 4.29.